The molecule has 0 spiro atoms. The molecule has 0 aliphatic carbocycles. The minimum atomic E-state index is 0.902. The molecule has 4 heterocycles. The molecular formula is C22H23N5OS. The number of thiophene rings is 1. The maximum Gasteiger partial charge on any atom is 0.180 e. The fourth-order valence-electron chi connectivity index (χ4n) is 3.86. The van der Waals surface area contributed by atoms with Crippen molar-refractivity contribution in [3.05, 3.63) is 65.2 Å². The molecule has 3 aromatic heterocycles. The van der Waals surface area contributed by atoms with Gasteiger partial charge in [0, 0.05) is 56.1 Å². The van der Waals surface area contributed by atoms with Crippen LogP contribution in [0, 0.1) is 0 Å². The summed E-state index contributed by atoms with van der Waals surface area (Å²) in [6.45, 7) is 4.87. The normalized spacial score (nSPS) is 15.1. The molecule has 1 saturated heterocycles. The Balaban J connectivity index is 1.30. The maximum absolute atomic E-state index is 5.25. The predicted octanol–water partition coefficient (Wildman–Crippen LogP) is 3.79. The third-order valence-corrected chi connectivity index (χ3v) is 6.15. The zero-order valence-electron chi connectivity index (χ0n) is 16.4. The fraction of sp³-hybridized carbons (Fsp3) is 0.273. The van der Waals surface area contributed by atoms with Crippen LogP contribution in [-0.2, 0) is 6.54 Å². The first kappa shape index (κ1) is 18.1. The number of hydrogen-bond donors (Lipinski definition) is 0. The summed E-state index contributed by atoms with van der Waals surface area (Å²) in [7, 11) is 1.70. The van der Waals surface area contributed by atoms with Crippen LogP contribution in [0.3, 0.4) is 0 Å². The van der Waals surface area contributed by atoms with E-state index in [0.29, 0.717) is 0 Å². The number of imidazole rings is 1. The lowest BCUT2D eigenvalue weighted by Crippen LogP contribution is -2.46. The van der Waals surface area contributed by atoms with Crippen LogP contribution in [0.15, 0.2) is 59.7 Å². The van der Waals surface area contributed by atoms with Crippen molar-refractivity contribution in [3.63, 3.8) is 0 Å². The van der Waals surface area contributed by atoms with Gasteiger partial charge in [-0.3, -0.25) is 9.30 Å². The van der Waals surface area contributed by atoms with Gasteiger partial charge in [0.1, 0.15) is 5.75 Å². The van der Waals surface area contributed by atoms with Crippen molar-refractivity contribution in [3.8, 4) is 17.0 Å². The van der Waals surface area contributed by atoms with Gasteiger partial charge in [-0.25, -0.2) is 9.97 Å². The molecule has 0 N–H and O–H groups in total. The van der Waals surface area contributed by atoms with E-state index in [1.54, 1.807) is 18.4 Å². The molecule has 0 unspecified atom stereocenters. The van der Waals surface area contributed by atoms with E-state index in [4.69, 9.17) is 9.72 Å². The molecule has 4 aromatic rings. The molecule has 0 atom stereocenters. The zero-order valence-corrected chi connectivity index (χ0v) is 17.2. The summed E-state index contributed by atoms with van der Waals surface area (Å²) in [4.78, 5) is 14.2. The fourth-order valence-corrected chi connectivity index (χ4v) is 4.51. The lowest BCUT2D eigenvalue weighted by atomic mass is 10.2. The van der Waals surface area contributed by atoms with E-state index in [0.717, 1.165) is 55.6 Å². The van der Waals surface area contributed by atoms with Gasteiger partial charge in [0.25, 0.3) is 0 Å². The van der Waals surface area contributed by atoms with Crippen LogP contribution < -0.4 is 9.64 Å². The Morgan fingerprint density at radius 1 is 1.03 bits per heavy atom. The average Bonchev–Trinajstić information content (AvgIpc) is 3.44. The van der Waals surface area contributed by atoms with E-state index in [9.17, 15) is 0 Å². The molecule has 0 radical (unpaired) electrons. The Hall–Kier alpha value is -2.90. The van der Waals surface area contributed by atoms with Gasteiger partial charge in [-0.1, -0.05) is 12.1 Å². The predicted molar refractivity (Wildman–Crippen MR) is 117 cm³/mol. The summed E-state index contributed by atoms with van der Waals surface area (Å²) in [6.07, 6.45) is 5.82. The summed E-state index contributed by atoms with van der Waals surface area (Å²) < 4.78 is 7.40. The van der Waals surface area contributed by atoms with Crippen LogP contribution in [0.1, 0.15) is 5.56 Å². The van der Waals surface area contributed by atoms with E-state index in [-0.39, 0.29) is 0 Å². The molecule has 148 valence electrons. The first-order valence-corrected chi connectivity index (χ1v) is 10.7. The Kier molecular flexibility index (Phi) is 4.91. The van der Waals surface area contributed by atoms with Gasteiger partial charge in [0.15, 0.2) is 11.5 Å². The number of fused-ring (bicyclic) bond motifs is 1. The highest BCUT2D eigenvalue weighted by atomic mass is 32.1. The number of methoxy groups -OCH3 is 1. The Labute approximate surface area is 174 Å². The van der Waals surface area contributed by atoms with Gasteiger partial charge < -0.3 is 9.64 Å². The minimum Gasteiger partial charge on any atom is -0.497 e. The molecule has 6 nitrogen and oxygen atoms in total. The number of piperazine rings is 1. The number of anilines is 1. The summed E-state index contributed by atoms with van der Waals surface area (Å²) in [5, 5.41) is 4.25. The van der Waals surface area contributed by atoms with Gasteiger partial charge in [-0.05, 0) is 29.1 Å². The summed E-state index contributed by atoms with van der Waals surface area (Å²) in [6, 6.07) is 10.5. The van der Waals surface area contributed by atoms with E-state index < -0.39 is 0 Å². The molecule has 5 rings (SSSR count). The quantitative estimate of drug-likeness (QED) is 0.506. The van der Waals surface area contributed by atoms with Crippen molar-refractivity contribution < 1.29 is 4.74 Å². The third-order valence-electron chi connectivity index (χ3n) is 5.46. The van der Waals surface area contributed by atoms with Crippen molar-refractivity contribution in [2.75, 3.05) is 38.2 Å². The van der Waals surface area contributed by atoms with Crippen molar-refractivity contribution in [2.45, 2.75) is 6.54 Å². The van der Waals surface area contributed by atoms with Crippen LogP contribution in [0.5, 0.6) is 5.75 Å². The monoisotopic (exact) mass is 405 g/mol. The number of hydrogen-bond acceptors (Lipinski definition) is 6. The third kappa shape index (κ3) is 3.59. The lowest BCUT2D eigenvalue weighted by molar-refractivity contribution is 0.249. The van der Waals surface area contributed by atoms with E-state index in [2.05, 4.69) is 48.1 Å². The average molecular weight is 406 g/mol. The Morgan fingerprint density at radius 2 is 1.86 bits per heavy atom. The Morgan fingerprint density at radius 3 is 2.59 bits per heavy atom. The first-order valence-electron chi connectivity index (χ1n) is 9.77. The number of ether oxygens (including phenoxy) is 1. The number of rotatable bonds is 5. The van der Waals surface area contributed by atoms with E-state index in [1.165, 1.54) is 11.1 Å². The first-order chi connectivity index (χ1) is 14.3. The van der Waals surface area contributed by atoms with Crippen LogP contribution in [0.25, 0.3) is 16.9 Å². The number of benzene rings is 1. The van der Waals surface area contributed by atoms with Gasteiger partial charge in [0.2, 0.25) is 0 Å². The van der Waals surface area contributed by atoms with E-state index in [1.807, 2.05) is 30.7 Å². The van der Waals surface area contributed by atoms with Crippen molar-refractivity contribution in [2.24, 2.45) is 0 Å². The molecule has 29 heavy (non-hydrogen) atoms. The standard InChI is InChI=1S/C22H23N5OS/c1-28-19-4-2-17(3-5-19)15-25-9-11-26(12-10-25)21-22-24-14-20(18-6-13-29-16-18)27(22)8-7-23-21/h2-8,13-14,16H,9-12,15H2,1H3. The second-order valence-electron chi connectivity index (χ2n) is 7.21. The molecule has 7 heteroatoms. The van der Waals surface area contributed by atoms with Gasteiger partial charge >= 0.3 is 0 Å². The number of aromatic nitrogens is 3. The lowest BCUT2D eigenvalue weighted by Gasteiger charge is -2.35. The molecule has 1 fully saturated rings. The minimum absolute atomic E-state index is 0.902. The zero-order chi connectivity index (χ0) is 19.6. The summed E-state index contributed by atoms with van der Waals surface area (Å²) >= 11 is 1.70. The highest BCUT2D eigenvalue weighted by Gasteiger charge is 2.21. The van der Waals surface area contributed by atoms with Crippen molar-refractivity contribution in [1.29, 1.82) is 0 Å². The van der Waals surface area contributed by atoms with Gasteiger partial charge in [-0.2, -0.15) is 11.3 Å². The molecule has 0 saturated carbocycles. The second-order valence-corrected chi connectivity index (χ2v) is 7.99. The van der Waals surface area contributed by atoms with Crippen molar-refractivity contribution >= 4 is 22.8 Å². The molecule has 0 amide bonds. The SMILES string of the molecule is COc1ccc(CN2CCN(c3nccn4c(-c5ccsc5)cnc34)CC2)cc1. The molecule has 1 aliphatic rings. The molecular weight excluding hydrogens is 382 g/mol. The topological polar surface area (TPSA) is 45.9 Å². The van der Waals surface area contributed by atoms with Crippen LogP contribution in [-0.4, -0.2) is 52.6 Å². The second kappa shape index (κ2) is 7.85. The smallest absolute Gasteiger partial charge is 0.180 e. The van der Waals surface area contributed by atoms with Gasteiger partial charge in [0.05, 0.1) is 19.0 Å². The van der Waals surface area contributed by atoms with Crippen LogP contribution >= 0.6 is 11.3 Å². The van der Waals surface area contributed by atoms with Gasteiger partial charge in [-0.15, -0.1) is 0 Å². The summed E-state index contributed by atoms with van der Waals surface area (Å²) in [5.74, 6) is 1.87. The Bertz CT molecular complexity index is 1080. The van der Waals surface area contributed by atoms with Crippen molar-refractivity contribution in [1.82, 2.24) is 19.3 Å². The largest absolute Gasteiger partial charge is 0.497 e. The van der Waals surface area contributed by atoms with Crippen LogP contribution in [0.4, 0.5) is 5.82 Å². The molecule has 1 aromatic carbocycles. The maximum atomic E-state index is 5.25. The highest BCUT2D eigenvalue weighted by Crippen LogP contribution is 2.27. The molecule has 1 aliphatic heterocycles. The van der Waals surface area contributed by atoms with Crippen LogP contribution in [0.2, 0.25) is 0 Å². The number of nitrogens with zero attached hydrogens (tertiary/aromatic N) is 5. The molecule has 0 bridgehead atoms. The summed E-state index contributed by atoms with van der Waals surface area (Å²) in [5.41, 5.74) is 4.55. The van der Waals surface area contributed by atoms with E-state index >= 15 is 0 Å². The highest BCUT2D eigenvalue weighted by molar-refractivity contribution is 7.08.